The molecule has 3 N–H and O–H groups in total. The lowest BCUT2D eigenvalue weighted by Crippen LogP contribution is -2.35. The van der Waals surface area contributed by atoms with Gasteiger partial charge in [-0.2, -0.15) is 0 Å². The summed E-state index contributed by atoms with van der Waals surface area (Å²) in [5.41, 5.74) is 4.32. The molecule has 1 aromatic heterocycles. The van der Waals surface area contributed by atoms with Crippen LogP contribution in [0.15, 0.2) is 59.9 Å². The topological polar surface area (TPSA) is 82.5 Å². The molecular weight excluding hydrogens is 394 g/mol. The summed E-state index contributed by atoms with van der Waals surface area (Å²) in [6.07, 6.45) is 2.85. The first-order valence-electron chi connectivity index (χ1n) is 10.3. The number of pyridine rings is 1. The molecule has 5 rings (SSSR count). The van der Waals surface area contributed by atoms with Crippen molar-refractivity contribution in [2.45, 2.75) is 32.6 Å². The summed E-state index contributed by atoms with van der Waals surface area (Å²) >= 11 is 0. The third-order valence-electron chi connectivity index (χ3n) is 6.25. The Bertz CT molecular complexity index is 1270. The predicted octanol–water partition coefficient (Wildman–Crippen LogP) is 3.25. The molecule has 0 saturated carbocycles. The summed E-state index contributed by atoms with van der Waals surface area (Å²) in [5.74, 6) is -1.14. The lowest BCUT2D eigenvalue weighted by atomic mass is 9.68. The number of halogens is 1. The maximum Gasteiger partial charge on any atom is 0.491 e. The minimum absolute atomic E-state index is 0.0435. The third-order valence-corrected chi connectivity index (χ3v) is 6.25. The standard InChI is InChI=1S/C24H22BFN2O3/c1-24(2)11-19-23(20(29)12-24)21(13-5-6-15(25(30)31)16(26)10-13)22-14-4-3-9-27-17(14)7-8-18(22)28-19/h3-10,21,28,30-31H,11-12H2,1-2H3. The van der Waals surface area contributed by atoms with Crippen LogP contribution in [-0.4, -0.2) is 27.9 Å². The van der Waals surface area contributed by atoms with Crippen LogP contribution in [0.4, 0.5) is 10.1 Å². The fourth-order valence-corrected chi connectivity index (χ4v) is 4.95. The molecule has 1 atom stereocenters. The van der Waals surface area contributed by atoms with Gasteiger partial charge in [-0.15, -0.1) is 0 Å². The van der Waals surface area contributed by atoms with E-state index in [4.69, 9.17) is 0 Å². The van der Waals surface area contributed by atoms with E-state index in [0.717, 1.165) is 27.9 Å². The van der Waals surface area contributed by atoms with Gasteiger partial charge in [0.1, 0.15) is 5.82 Å². The Morgan fingerprint density at radius 1 is 1.16 bits per heavy atom. The molecule has 5 nitrogen and oxygen atoms in total. The van der Waals surface area contributed by atoms with E-state index >= 15 is 0 Å². The van der Waals surface area contributed by atoms with Gasteiger partial charge in [-0.25, -0.2) is 4.39 Å². The number of carbonyl (C=O) groups excluding carboxylic acids is 1. The molecular formula is C24H22BFN2O3. The largest absolute Gasteiger partial charge is 0.491 e. The van der Waals surface area contributed by atoms with Gasteiger partial charge in [0.2, 0.25) is 0 Å². The number of benzene rings is 2. The van der Waals surface area contributed by atoms with Gasteiger partial charge >= 0.3 is 7.12 Å². The van der Waals surface area contributed by atoms with E-state index in [1.807, 2.05) is 24.3 Å². The highest BCUT2D eigenvalue weighted by molar-refractivity contribution is 6.58. The van der Waals surface area contributed by atoms with Gasteiger partial charge in [-0.1, -0.05) is 32.0 Å². The summed E-state index contributed by atoms with van der Waals surface area (Å²) in [6, 6.07) is 12.0. The van der Waals surface area contributed by atoms with E-state index < -0.39 is 18.9 Å². The molecule has 0 bridgehead atoms. The predicted molar refractivity (Wildman–Crippen MR) is 118 cm³/mol. The summed E-state index contributed by atoms with van der Waals surface area (Å²) < 4.78 is 14.7. The van der Waals surface area contributed by atoms with E-state index in [2.05, 4.69) is 24.1 Å². The quantitative estimate of drug-likeness (QED) is 0.559. The van der Waals surface area contributed by atoms with Gasteiger partial charge in [0.15, 0.2) is 5.78 Å². The van der Waals surface area contributed by atoms with Gasteiger partial charge < -0.3 is 15.4 Å². The Morgan fingerprint density at radius 3 is 2.71 bits per heavy atom. The van der Waals surface area contributed by atoms with Crippen LogP contribution in [0.1, 0.15) is 43.7 Å². The highest BCUT2D eigenvalue weighted by Gasteiger charge is 2.41. The summed E-state index contributed by atoms with van der Waals surface area (Å²) in [4.78, 5) is 17.8. The van der Waals surface area contributed by atoms with Crippen molar-refractivity contribution in [2.24, 2.45) is 5.41 Å². The number of rotatable bonds is 2. The van der Waals surface area contributed by atoms with Crippen molar-refractivity contribution in [1.29, 1.82) is 0 Å². The van der Waals surface area contributed by atoms with Crippen molar-refractivity contribution in [1.82, 2.24) is 4.98 Å². The molecule has 1 unspecified atom stereocenters. The van der Waals surface area contributed by atoms with Crippen LogP contribution in [-0.2, 0) is 4.79 Å². The van der Waals surface area contributed by atoms with Gasteiger partial charge in [-0.05, 0) is 47.2 Å². The van der Waals surface area contributed by atoms with Crippen molar-refractivity contribution < 1.29 is 19.2 Å². The van der Waals surface area contributed by atoms with Crippen molar-refractivity contribution in [2.75, 3.05) is 5.32 Å². The van der Waals surface area contributed by atoms with E-state index in [1.54, 1.807) is 12.3 Å². The first kappa shape index (κ1) is 19.9. The number of fused-ring (bicyclic) bond motifs is 3. The molecule has 3 aromatic rings. The van der Waals surface area contributed by atoms with E-state index in [0.29, 0.717) is 24.0 Å². The Labute approximate surface area is 179 Å². The van der Waals surface area contributed by atoms with Crippen molar-refractivity contribution >= 4 is 35.0 Å². The normalized spacial score (nSPS) is 19.6. The summed E-state index contributed by atoms with van der Waals surface area (Å²) in [7, 11) is -1.90. The smallest absolute Gasteiger partial charge is 0.423 e. The third kappa shape index (κ3) is 3.25. The number of hydrogen-bond donors (Lipinski definition) is 3. The fraction of sp³-hybridized carbons (Fsp3) is 0.250. The fourth-order valence-electron chi connectivity index (χ4n) is 4.95. The van der Waals surface area contributed by atoms with Crippen LogP contribution in [0.2, 0.25) is 0 Å². The number of nitrogens with zero attached hydrogens (tertiary/aromatic N) is 1. The summed E-state index contributed by atoms with van der Waals surface area (Å²) in [5, 5.41) is 23.2. The summed E-state index contributed by atoms with van der Waals surface area (Å²) in [6.45, 7) is 4.14. The number of hydrogen-bond acceptors (Lipinski definition) is 5. The molecule has 0 amide bonds. The van der Waals surface area contributed by atoms with Crippen LogP contribution < -0.4 is 10.8 Å². The maximum atomic E-state index is 14.7. The lowest BCUT2D eigenvalue weighted by molar-refractivity contribution is -0.118. The molecule has 0 radical (unpaired) electrons. The zero-order valence-corrected chi connectivity index (χ0v) is 17.3. The van der Waals surface area contributed by atoms with E-state index in [-0.39, 0.29) is 16.7 Å². The SMILES string of the molecule is CC1(C)CC(=O)C2=C(C1)Nc1ccc3ncccc3c1C2c1ccc(B(O)O)c(F)c1. The maximum absolute atomic E-state index is 14.7. The Morgan fingerprint density at radius 2 is 1.97 bits per heavy atom. The highest BCUT2D eigenvalue weighted by atomic mass is 19.1. The molecule has 31 heavy (non-hydrogen) atoms. The minimum Gasteiger partial charge on any atom is -0.423 e. The zero-order chi connectivity index (χ0) is 21.9. The number of ketones is 1. The van der Waals surface area contributed by atoms with Gasteiger partial charge in [0.05, 0.1) is 5.52 Å². The number of nitrogens with one attached hydrogen (secondary N) is 1. The number of Topliss-reactive ketones (excluding diaryl/α,β-unsaturated/α-hetero) is 1. The Balaban J connectivity index is 1.79. The van der Waals surface area contributed by atoms with Gasteiger partial charge in [0.25, 0.3) is 0 Å². The van der Waals surface area contributed by atoms with Crippen LogP contribution in [0.5, 0.6) is 0 Å². The molecule has 0 fully saturated rings. The van der Waals surface area contributed by atoms with Crippen molar-refractivity contribution in [3.63, 3.8) is 0 Å². The average molecular weight is 416 g/mol. The monoisotopic (exact) mass is 416 g/mol. The van der Waals surface area contributed by atoms with Crippen molar-refractivity contribution in [3.8, 4) is 0 Å². The number of allylic oxidation sites excluding steroid dienone is 2. The first-order valence-corrected chi connectivity index (χ1v) is 10.3. The zero-order valence-electron chi connectivity index (χ0n) is 17.3. The van der Waals surface area contributed by atoms with Gasteiger partial charge in [0, 0.05) is 46.3 Å². The minimum atomic E-state index is -1.90. The molecule has 0 spiro atoms. The number of anilines is 1. The molecule has 2 heterocycles. The van der Waals surface area contributed by atoms with Crippen LogP contribution in [0.3, 0.4) is 0 Å². The average Bonchev–Trinajstić information content (AvgIpc) is 2.70. The molecule has 0 saturated heterocycles. The molecule has 2 aromatic carbocycles. The van der Waals surface area contributed by atoms with Crippen LogP contribution in [0, 0.1) is 11.2 Å². The van der Waals surface area contributed by atoms with E-state index in [9.17, 15) is 19.2 Å². The number of carbonyl (C=O) groups is 1. The Kier molecular flexibility index (Phi) is 4.50. The van der Waals surface area contributed by atoms with Crippen LogP contribution >= 0.6 is 0 Å². The van der Waals surface area contributed by atoms with Gasteiger partial charge in [-0.3, -0.25) is 9.78 Å². The second kappa shape index (κ2) is 7.00. The van der Waals surface area contributed by atoms with Crippen molar-refractivity contribution in [3.05, 3.63) is 76.9 Å². The van der Waals surface area contributed by atoms with Crippen LogP contribution in [0.25, 0.3) is 10.9 Å². The number of aromatic nitrogens is 1. The second-order valence-electron chi connectivity index (χ2n) is 9.14. The molecule has 1 aliphatic heterocycles. The molecule has 7 heteroatoms. The van der Waals surface area contributed by atoms with E-state index in [1.165, 1.54) is 12.1 Å². The lowest BCUT2D eigenvalue weighted by Gasteiger charge is -2.40. The molecule has 2 aliphatic rings. The Hall–Kier alpha value is -3.03. The first-order chi connectivity index (χ1) is 14.7. The molecule has 1 aliphatic carbocycles. The second-order valence-corrected chi connectivity index (χ2v) is 9.14. The highest BCUT2D eigenvalue weighted by Crippen LogP contribution is 2.50. The molecule has 156 valence electrons.